The fraction of sp³-hybridized carbons (Fsp3) is 0.286. The number of allylic oxidation sites excluding steroid dienone is 1. The number of alkyl halides is 10. The van der Waals surface area contributed by atoms with Gasteiger partial charge < -0.3 is 5.11 Å². The number of benzene rings is 1. The molecule has 148 valence electrons. The molecule has 0 spiro atoms. The molecular formula is C14H4F10NO2-. The molecule has 0 aliphatic rings. The maximum absolute atomic E-state index is 13.5. The largest absolute Gasteiger partial charge is 0.872 e. The summed E-state index contributed by atoms with van der Waals surface area (Å²) in [4.78, 5) is 13.7. The zero-order chi connectivity index (χ0) is 21.4. The molecule has 27 heavy (non-hydrogen) atoms. The summed E-state index contributed by atoms with van der Waals surface area (Å²) < 4.78 is 126. The summed E-state index contributed by atoms with van der Waals surface area (Å²) in [6.45, 7) is 6.55. The van der Waals surface area contributed by atoms with Crippen molar-refractivity contribution < 1.29 is 53.8 Å². The van der Waals surface area contributed by atoms with Crippen LogP contribution in [-0.2, 0) is 11.0 Å². The van der Waals surface area contributed by atoms with Crippen LogP contribution in [0.2, 0.25) is 0 Å². The van der Waals surface area contributed by atoms with Gasteiger partial charge in [0.05, 0.1) is 12.1 Å². The molecule has 0 radical (unpaired) electrons. The lowest BCUT2D eigenvalue weighted by Gasteiger charge is -2.28. The molecule has 0 aromatic heterocycles. The van der Waals surface area contributed by atoms with Crippen LogP contribution in [0.25, 0.3) is 10.6 Å². The summed E-state index contributed by atoms with van der Waals surface area (Å²) in [5, 5.41) is 11.6. The quantitative estimate of drug-likeness (QED) is 0.323. The maximum Gasteiger partial charge on any atom is 0.439 e. The fourth-order valence-electron chi connectivity index (χ4n) is 1.76. The minimum Gasteiger partial charge on any atom is -0.872 e. The number of carbonyl (C=O) groups is 1. The minimum atomic E-state index is -6.77. The van der Waals surface area contributed by atoms with Gasteiger partial charge in [-0.25, -0.2) is 9.24 Å². The van der Waals surface area contributed by atoms with Gasteiger partial charge in [-0.05, 0) is 11.6 Å². The van der Waals surface area contributed by atoms with Crippen LogP contribution in [0.1, 0.15) is 11.1 Å². The topological polar surface area (TPSA) is 44.5 Å². The van der Waals surface area contributed by atoms with Crippen LogP contribution in [0, 0.1) is 6.57 Å². The Morgan fingerprint density at radius 1 is 0.963 bits per heavy atom. The number of hydrogen-bond acceptors (Lipinski definition) is 2. The highest BCUT2D eigenvalue weighted by molar-refractivity contribution is 6.02. The molecule has 0 bridgehead atoms. The first-order valence-corrected chi connectivity index (χ1v) is 6.31. The summed E-state index contributed by atoms with van der Waals surface area (Å²) >= 11 is 0. The predicted octanol–water partition coefficient (Wildman–Crippen LogP) is 4.36. The number of nitrogens with zero attached hydrogens (tertiary/aromatic N) is 1. The zero-order valence-electron chi connectivity index (χ0n) is 12.4. The van der Waals surface area contributed by atoms with E-state index < -0.39 is 58.6 Å². The molecule has 0 amide bonds. The molecule has 0 N–H and O–H groups in total. The summed E-state index contributed by atoms with van der Waals surface area (Å²) in [6.07, 6.45) is -19.7. The molecule has 0 saturated carbocycles. The van der Waals surface area contributed by atoms with Crippen LogP contribution in [-0.4, -0.2) is 23.8 Å². The lowest BCUT2D eigenvalue weighted by Crippen LogP contribution is -2.58. The Hall–Kier alpha value is -2.78. The first-order chi connectivity index (χ1) is 12.0. The molecule has 0 fully saturated rings. The van der Waals surface area contributed by atoms with E-state index in [1.54, 1.807) is 0 Å². The number of ketones is 1. The van der Waals surface area contributed by atoms with Gasteiger partial charge in [0.1, 0.15) is 0 Å². The number of carbonyl (C=O) groups excluding carboxylic acids is 1. The van der Waals surface area contributed by atoms with E-state index in [1.165, 1.54) is 0 Å². The Labute approximate surface area is 143 Å². The SMILES string of the molecule is [C-]#[N+]c1ccc(/C([O-])=C/C(=O)C(F)(C(F)(F)F)C(F)(F)F)cc1C(F)(F)F. The molecule has 1 aromatic carbocycles. The van der Waals surface area contributed by atoms with Gasteiger partial charge in [0.25, 0.3) is 0 Å². The van der Waals surface area contributed by atoms with Crippen LogP contribution >= 0.6 is 0 Å². The van der Waals surface area contributed by atoms with Gasteiger partial charge in [-0.2, -0.15) is 39.5 Å². The Morgan fingerprint density at radius 2 is 1.44 bits per heavy atom. The third kappa shape index (κ3) is 4.15. The highest BCUT2D eigenvalue weighted by Crippen LogP contribution is 2.47. The Balaban J connectivity index is 3.49. The summed E-state index contributed by atoms with van der Waals surface area (Å²) in [6, 6.07) is 0.813. The van der Waals surface area contributed by atoms with Crippen LogP contribution in [0.5, 0.6) is 0 Å². The van der Waals surface area contributed by atoms with E-state index in [4.69, 9.17) is 6.57 Å². The smallest absolute Gasteiger partial charge is 0.439 e. The molecule has 0 saturated heterocycles. The van der Waals surface area contributed by atoms with Crippen molar-refractivity contribution in [1.29, 1.82) is 0 Å². The predicted molar refractivity (Wildman–Crippen MR) is 66.6 cm³/mol. The van der Waals surface area contributed by atoms with Gasteiger partial charge in [-0.3, -0.25) is 4.79 Å². The van der Waals surface area contributed by atoms with Crippen molar-refractivity contribution in [2.24, 2.45) is 0 Å². The van der Waals surface area contributed by atoms with Crippen LogP contribution < -0.4 is 5.11 Å². The molecular weight excluding hydrogens is 404 g/mol. The van der Waals surface area contributed by atoms with Gasteiger partial charge in [0.2, 0.25) is 5.78 Å². The van der Waals surface area contributed by atoms with Crippen molar-refractivity contribution in [1.82, 2.24) is 0 Å². The highest BCUT2D eigenvalue weighted by atomic mass is 19.4. The molecule has 3 nitrogen and oxygen atoms in total. The van der Waals surface area contributed by atoms with Crippen molar-refractivity contribution in [3.05, 3.63) is 46.8 Å². The third-order valence-electron chi connectivity index (χ3n) is 3.09. The van der Waals surface area contributed by atoms with E-state index in [1.807, 2.05) is 0 Å². The first-order valence-electron chi connectivity index (χ1n) is 6.31. The van der Waals surface area contributed by atoms with E-state index in [2.05, 4.69) is 4.85 Å². The lowest BCUT2D eigenvalue weighted by molar-refractivity contribution is -0.323. The van der Waals surface area contributed by atoms with Gasteiger partial charge in [0.15, 0.2) is 5.69 Å². The maximum atomic E-state index is 13.5. The Kier molecular flexibility index (Phi) is 5.56. The van der Waals surface area contributed by atoms with Gasteiger partial charge in [-0.15, -0.1) is 0 Å². The number of rotatable bonds is 3. The van der Waals surface area contributed by atoms with Crippen molar-refractivity contribution in [2.45, 2.75) is 24.2 Å². The summed E-state index contributed by atoms with van der Waals surface area (Å²) in [5.41, 5.74) is -10.3. The normalized spacial score (nSPS) is 14.0. The standard InChI is InChI=1S/C14H5F10NO2/c1-25-8-3-2-6(4-7(8)12(16,17)18)9(26)5-10(27)11(15,13(19,20)21)14(22,23)24/h2-5,26H/p-1/b9-5-. The first kappa shape index (κ1) is 22.3. The lowest BCUT2D eigenvalue weighted by atomic mass is 9.97. The molecule has 0 atom stereocenters. The zero-order valence-corrected chi connectivity index (χ0v) is 12.4. The van der Waals surface area contributed by atoms with Crippen molar-refractivity contribution in [3.8, 4) is 0 Å². The van der Waals surface area contributed by atoms with Gasteiger partial charge in [-0.1, -0.05) is 24.0 Å². The second-order valence-corrected chi connectivity index (χ2v) is 4.87. The van der Waals surface area contributed by atoms with Crippen LogP contribution in [0.4, 0.5) is 49.6 Å². The van der Waals surface area contributed by atoms with E-state index in [0.29, 0.717) is 12.1 Å². The molecule has 13 heteroatoms. The minimum absolute atomic E-state index is 0.0550. The summed E-state index contributed by atoms with van der Waals surface area (Å²) in [5.74, 6) is -5.40. The van der Waals surface area contributed by atoms with E-state index >= 15 is 0 Å². The highest BCUT2D eigenvalue weighted by Gasteiger charge is 2.76. The van der Waals surface area contributed by atoms with Crippen LogP contribution in [0.3, 0.4) is 0 Å². The second-order valence-electron chi connectivity index (χ2n) is 4.87. The van der Waals surface area contributed by atoms with Crippen molar-refractivity contribution in [3.63, 3.8) is 0 Å². The van der Waals surface area contributed by atoms with Crippen LogP contribution in [0.15, 0.2) is 24.3 Å². The van der Waals surface area contributed by atoms with Crippen molar-refractivity contribution >= 4 is 17.2 Å². The van der Waals surface area contributed by atoms with E-state index in [9.17, 15) is 53.8 Å². The Morgan fingerprint density at radius 3 is 1.81 bits per heavy atom. The monoisotopic (exact) mass is 408 g/mol. The number of halogens is 10. The molecule has 1 aromatic rings. The van der Waals surface area contributed by atoms with Gasteiger partial charge in [0, 0.05) is 0 Å². The molecule has 0 unspecified atom stereocenters. The fourth-order valence-corrected chi connectivity index (χ4v) is 1.76. The summed E-state index contributed by atoms with van der Waals surface area (Å²) in [7, 11) is 0. The van der Waals surface area contributed by atoms with Gasteiger partial charge >= 0.3 is 24.2 Å². The van der Waals surface area contributed by atoms with E-state index in [-0.39, 0.29) is 6.07 Å². The number of hydrogen-bond donors (Lipinski definition) is 0. The van der Waals surface area contributed by atoms with Crippen molar-refractivity contribution in [2.75, 3.05) is 0 Å². The Bertz CT molecular complexity index is 797. The molecule has 0 aliphatic carbocycles. The van der Waals surface area contributed by atoms with E-state index in [0.717, 1.165) is 0 Å². The molecule has 1 rings (SSSR count). The molecule has 0 aliphatic heterocycles. The molecule has 0 heterocycles. The average Bonchev–Trinajstić information content (AvgIpc) is 2.50. The third-order valence-corrected chi connectivity index (χ3v) is 3.09. The second kappa shape index (κ2) is 6.75. The average molecular weight is 408 g/mol.